The van der Waals surface area contributed by atoms with E-state index in [1.54, 1.807) is 17.5 Å². The third-order valence-electron chi connectivity index (χ3n) is 2.56. The summed E-state index contributed by atoms with van der Waals surface area (Å²) in [6.45, 7) is 0. The predicted octanol–water partition coefficient (Wildman–Crippen LogP) is 5.44. The van der Waals surface area contributed by atoms with Crippen molar-refractivity contribution in [3.05, 3.63) is 64.6 Å². The zero-order valence-electron chi connectivity index (χ0n) is 10.4. The Bertz CT molecular complexity index is 683. The van der Waals surface area contributed by atoms with Crippen LogP contribution >= 0.6 is 27.3 Å². The highest BCUT2D eigenvalue weighted by Crippen LogP contribution is 2.28. The number of hydrogen-bond donors (Lipinski definition) is 1. The summed E-state index contributed by atoms with van der Waals surface area (Å²) in [5.74, 6) is 1.64. The minimum absolute atomic E-state index is 0.807. The standard InChI is InChI=1S/C15H11BrN2OS/c16-14-10-17-15(20-14)18-11-6-8-13(9-7-11)19-12-4-2-1-3-5-12/h1-10H,(H,17,18). The van der Waals surface area contributed by atoms with Gasteiger partial charge in [-0.3, -0.25) is 0 Å². The molecule has 0 saturated heterocycles. The number of nitrogens with zero attached hydrogens (tertiary/aromatic N) is 1. The fourth-order valence-electron chi connectivity index (χ4n) is 1.67. The molecule has 0 fully saturated rings. The Balaban J connectivity index is 1.68. The number of para-hydroxylation sites is 1. The summed E-state index contributed by atoms with van der Waals surface area (Å²) in [6, 6.07) is 17.5. The molecule has 20 heavy (non-hydrogen) atoms. The number of hydrogen-bond acceptors (Lipinski definition) is 4. The summed E-state index contributed by atoms with van der Waals surface area (Å²) >= 11 is 4.94. The lowest BCUT2D eigenvalue weighted by atomic mass is 10.3. The number of rotatable bonds is 4. The highest BCUT2D eigenvalue weighted by Gasteiger charge is 2.01. The summed E-state index contributed by atoms with van der Waals surface area (Å²) in [5.41, 5.74) is 0.979. The molecule has 1 aromatic heterocycles. The normalized spacial score (nSPS) is 10.2. The van der Waals surface area contributed by atoms with Crippen LogP contribution in [0.4, 0.5) is 10.8 Å². The third-order valence-corrected chi connectivity index (χ3v) is 3.95. The molecule has 1 heterocycles. The van der Waals surface area contributed by atoms with Crippen LogP contribution in [0, 0.1) is 0 Å². The first-order valence-electron chi connectivity index (χ1n) is 6.01. The zero-order valence-corrected chi connectivity index (χ0v) is 12.8. The Labute approximate surface area is 129 Å². The molecule has 0 aliphatic heterocycles. The summed E-state index contributed by atoms with van der Waals surface area (Å²) < 4.78 is 6.74. The van der Waals surface area contributed by atoms with E-state index in [0.29, 0.717) is 0 Å². The molecule has 1 N–H and O–H groups in total. The quantitative estimate of drug-likeness (QED) is 0.682. The number of benzene rings is 2. The average Bonchev–Trinajstić information content (AvgIpc) is 2.88. The van der Waals surface area contributed by atoms with Crippen LogP contribution in [0.25, 0.3) is 0 Å². The van der Waals surface area contributed by atoms with Crippen molar-refractivity contribution in [2.45, 2.75) is 0 Å². The van der Waals surface area contributed by atoms with Gasteiger partial charge in [0, 0.05) is 5.69 Å². The minimum atomic E-state index is 0.807. The van der Waals surface area contributed by atoms with Crippen LogP contribution in [0.3, 0.4) is 0 Å². The van der Waals surface area contributed by atoms with Crippen LogP contribution in [-0.4, -0.2) is 4.98 Å². The highest BCUT2D eigenvalue weighted by atomic mass is 79.9. The van der Waals surface area contributed by atoms with Crippen molar-refractivity contribution >= 4 is 38.1 Å². The van der Waals surface area contributed by atoms with Gasteiger partial charge in [0.1, 0.15) is 11.5 Å². The fourth-order valence-corrected chi connectivity index (χ4v) is 2.79. The molecule has 2 aromatic carbocycles. The van der Waals surface area contributed by atoms with E-state index in [-0.39, 0.29) is 0 Å². The van der Waals surface area contributed by atoms with E-state index >= 15 is 0 Å². The van der Waals surface area contributed by atoms with Gasteiger partial charge in [0.2, 0.25) is 0 Å². The number of aromatic nitrogens is 1. The topological polar surface area (TPSA) is 34.2 Å². The second-order valence-electron chi connectivity index (χ2n) is 4.03. The maximum Gasteiger partial charge on any atom is 0.188 e. The Morgan fingerprint density at radius 2 is 1.65 bits per heavy atom. The number of nitrogens with one attached hydrogen (secondary N) is 1. The van der Waals surface area contributed by atoms with Gasteiger partial charge in [-0.2, -0.15) is 0 Å². The molecule has 0 aliphatic rings. The van der Waals surface area contributed by atoms with Crippen LogP contribution in [0.15, 0.2) is 64.6 Å². The van der Waals surface area contributed by atoms with Gasteiger partial charge in [-0.1, -0.05) is 29.5 Å². The van der Waals surface area contributed by atoms with Gasteiger partial charge in [-0.25, -0.2) is 4.98 Å². The lowest BCUT2D eigenvalue weighted by Crippen LogP contribution is -1.89. The smallest absolute Gasteiger partial charge is 0.188 e. The second-order valence-corrected chi connectivity index (χ2v) is 6.44. The van der Waals surface area contributed by atoms with E-state index < -0.39 is 0 Å². The molecule has 0 unspecified atom stereocenters. The van der Waals surface area contributed by atoms with Crippen LogP contribution in [0.2, 0.25) is 0 Å². The molecule has 0 saturated carbocycles. The second kappa shape index (κ2) is 6.07. The highest BCUT2D eigenvalue weighted by molar-refractivity contribution is 9.11. The number of ether oxygens (including phenoxy) is 1. The molecule has 0 atom stereocenters. The SMILES string of the molecule is Brc1cnc(Nc2ccc(Oc3ccccc3)cc2)s1. The summed E-state index contributed by atoms with van der Waals surface area (Å²) in [7, 11) is 0. The van der Waals surface area contributed by atoms with Gasteiger partial charge in [-0.05, 0) is 52.3 Å². The van der Waals surface area contributed by atoms with Crippen LogP contribution < -0.4 is 10.1 Å². The van der Waals surface area contributed by atoms with Gasteiger partial charge in [0.15, 0.2) is 5.13 Å². The Morgan fingerprint density at radius 1 is 0.950 bits per heavy atom. The largest absolute Gasteiger partial charge is 0.457 e. The maximum absolute atomic E-state index is 5.74. The van der Waals surface area contributed by atoms with Crippen molar-refractivity contribution in [2.24, 2.45) is 0 Å². The first-order valence-corrected chi connectivity index (χ1v) is 7.62. The molecule has 0 aliphatic carbocycles. The van der Waals surface area contributed by atoms with Crippen LogP contribution in [0.1, 0.15) is 0 Å². The zero-order chi connectivity index (χ0) is 13.8. The summed E-state index contributed by atoms with van der Waals surface area (Å²) in [6.07, 6.45) is 1.78. The summed E-state index contributed by atoms with van der Waals surface area (Å²) in [5, 5.41) is 4.09. The van der Waals surface area contributed by atoms with Gasteiger partial charge in [-0.15, -0.1) is 0 Å². The van der Waals surface area contributed by atoms with Crippen LogP contribution in [-0.2, 0) is 0 Å². The van der Waals surface area contributed by atoms with Crippen LogP contribution in [0.5, 0.6) is 11.5 Å². The van der Waals surface area contributed by atoms with E-state index in [9.17, 15) is 0 Å². The monoisotopic (exact) mass is 346 g/mol. The molecule has 0 bridgehead atoms. The van der Waals surface area contributed by atoms with Gasteiger partial charge in [0.25, 0.3) is 0 Å². The predicted molar refractivity (Wildman–Crippen MR) is 86.1 cm³/mol. The third kappa shape index (κ3) is 3.37. The number of anilines is 2. The molecular weight excluding hydrogens is 336 g/mol. The molecule has 0 radical (unpaired) electrons. The Morgan fingerprint density at radius 3 is 2.30 bits per heavy atom. The minimum Gasteiger partial charge on any atom is -0.457 e. The van der Waals surface area contributed by atoms with Crippen molar-refractivity contribution < 1.29 is 4.74 Å². The van der Waals surface area contributed by atoms with Crippen molar-refractivity contribution in [1.29, 1.82) is 0 Å². The molecule has 0 amide bonds. The average molecular weight is 347 g/mol. The van der Waals surface area contributed by atoms with E-state index in [2.05, 4.69) is 26.2 Å². The molecule has 3 aromatic rings. The molecule has 0 spiro atoms. The number of thiazole rings is 1. The van der Waals surface area contributed by atoms with Crippen molar-refractivity contribution in [1.82, 2.24) is 4.98 Å². The fraction of sp³-hybridized carbons (Fsp3) is 0. The first-order chi connectivity index (χ1) is 9.79. The lowest BCUT2D eigenvalue weighted by molar-refractivity contribution is 0.483. The van der Waals surface area contributed by atoms with Gasteiger partial charge < -0.3 is 10.1 Å². The van der Waals surface area contributed by atoms with Crippen molar-refractivity contribution in [2.75, 3.05) is 5.32 Å². The van der Waals surface area contributed by atoms with Crippen molar-refractivity contribution in [3.8, 4) is 11.5 Å². The van der Waals surface area contributed by atoms with Crippen molar-refractivity contribution in [3.63, 3.8) is 0 Å². The molecule has 5 heteroatoms. The number of halogens is 1. The van der Waals surface area contributed by atoms with E-state index in [1.807, 2.05) is 54.6 Å². The maximum atomic E-state index is 5.74. The molecular formula is C15H11BrN2OS. The Kier molecular flexibility index (Phi) is 3.99. The van der Waals surface area contributed by atoms with E-state index in [4.69, 9.17) is 4.74 Å². The Hall–Kier alpha value is -1.85. The van der Waals surface area contributed by atoms with E-state index in [0.717, 1.165) is 26.1 Å². The first kappa shape index (κ1) is 13.1. The molecule has 3 rings (SSSR count). The van der Waals surface area contributed by atoms with Gasteiger partial charge in [0.05, 0.1) is 9.98 Å². The molecule has 100 valence electrons. The lowest BCUT2D eigenvalue weighted by Gasteiger charge is -2.07. The summed E-state index contributed by atoms with van der Waals surface area (Å²) in [4.78, 5) is 4.23. The van der Waals surface area contributed by atoms with E-state index in [1.165, 1.54) is 0 Å². The molecule has 3 nitrogen and oxygen atoms in total. The van der Waals surface area contributed by atoms with Gasteiger partial charge >= 0.3 is 0 Å².